The first-order valence-corrected chi connectivity index (χ1v) is 10.0. The Labute approximate surface area is 195 Å². The molecule has 0 atom stereocenters. The van der Waals surface area contributed by atoms with Crippen molar-refractivity contribution >= 4 is 10.1 Å². The maximum atomic E-state index is 11.9. The fourth-order valence-corrected chi connectivity index (χ4v) is 3.38. The van der Waals surface area contributed by atoms with E-state index in [1.54, 1.807) is 30.3 Å². The molecular formula is C18H30CeO3SZn. The molecule has 0 bridgehead atoms. The zero-order valence-corrected chi connectivity index (χ0v) is 21.9. The Balaban J connectivity index is 0. The Kier molecular flexibility index (Phi) is 20.0. The van der Waals surface area contributed by atoms with Gasteiger partial charge in [-0.3, -0.25) is 4.18 Å². The van der Waals surface area contributed by atoms with Crippen LogP contribution in [0.3, 0.4) is 0 Å². The van der Waals surface area contributed by atoms with Crippen LogP contribution in [0.5, 0.6) is 0 Å². The average Bonchev–Trinajstić information content (AvgIpc) is 2.53. The number of benzene rings is 1. The molecule has 0 aromatic heterocycles. The molecule has 24 heavy (non-hydrogen) atoms. The van der Waals surface area contributed by atoms with Crippen molar-refractivity contribution in [1.29, 1.82) is 0 Å². The molecule has 0 N–H and O–H groups in total. The molecule has 0 radical (unpaired) electrons. The maximum Gasteiger partial charge on any atom is 0.296 e. The van der Waals surface area contributed by atoms with E-state index >= 15 is 0 Å². The van der Waals surface area contributed by atoms with Crippen LogP contribution in [-0.2, 0) is 33.8 Å². The van der Waals surface area contributed by atoms with Crippen LogP contribution in [0.1, 0.15) is 71.1 Å². The second-order valence-electron chi connectivity index (χ2n) is 5.77. The Bertz CT molecular complexity index is 480. The number of hydrogen-bond donors (Lipinski definition) is 0. The summed E-state index contributed by atoms with van der Waals surface area (Å²) >= 11 is 0. The van der Waals surface area contributed by atoms with Crippen LogP contribution < -0.4 is 0 Å². The van der Waals surface area contributed by atoms with E-state index in [4.69, 9.17) is 4.18 Å². The minimum Gasteiger partial charge on any atom is -0.266 e. The van der Waals surface area contributed by atoms with Gasteiger partial charge in [0.1, 0.15) is 0 Å². The molecule has 1 rings (SSSR count). The minimum absolute atomic E-state index is 0. The topological polar surface area (TPSA) is 43.4 Å². The van der Waals surface area contributed by atoms with E-state index in [-0.39, 0.29) is 72.7 Å². The van der Waals surface area contributed by atoms with E-state index in [9.17, 15) is 8.42 Å². The van der Waals surface area contributed by atoms with Crippen LogP contribution in [0.15, 0.2) is 35.2 Å². The van der Waals surface area contributed by atoms with Gasteiger partial charge < -0.3 is 0 Å². The first-order valence-electron chi connectivity index (χ1n) is 8.61. The van der Waals surface area contributed by atoms with Gasteiger partial charge in [-0.25, -0.2) is 0 Å². The fraction of sp³-hybridized carbons (Fsp3) is 0.667. The molecular weight excluding hydrogens is 502 g/mol. The molecule has 0 aliphatic heterocycles. The van der Waals surface area contributed by atoms with E-state index in [1.165, 1.54) is 51.4 Å². The predicted octanol–water partition coefficient (Wildman–Crippen LogP) is 5.31. The molecule has 0 heterocycles. The molecule has 0 spiro atoms. The summed E-state index contributed by atoms with van der Waals surface area (Å²) in [5.74, 6) is 0. The zero-order valence-electron chi connectivity index (χ0n) is 15.0. The van der Waals surface area contributed by atoms with Crippen LogP contribution in [0, 0.1) is 41.7 Å². The average molecular weight is 532 g/mol. The summed E-state index contributed by atoms with van der Waals surface area (Å²) in [5.41, 5.74) is 0. The second-order valence-corrected chi connectivity index (χ2v) is 7.39. The fourth-order valence-electron chi connectivity index (χ4n) is 2.41. The van der Waals surface area contributed by atoms with Crippen molar-refractivity contribution in [2.75, 3.05) is 6.61 Å². The van der Waals surface area contributed by atoms with Crippen molar-refractivity contribution in [3.63, 3.8) is 0 Å². The van der Waals surface area contributed by atoms with Gasteiger partial charge in [-0.2, -0.15) is 8.42 Å². The van der Waals surface area contributed by atoms with E-state index in [2.05, 4.69) is 6.92 Å². The Morgan fingerprint density at radius 3 is 1.75 bits per heavy atom. The largest absolute Gasteiger partial charge is 0.296 e. The molecule has 0 fully saturated rings. The van der Waals surface area contributed by atoms with Gasteiger partial charge in [-0.15, -0.1) is 0 Å². The van der Waals surface area contributed by atoms with Crippen molar-refractivity contribution < 1.29 is 73.8 Å². The molecule has 0 amide bonds. The van der Waals surface area contributed by atoms with E-state index in [0.29, 0.717) is 0 Å². The molecule has 3 nitrogen and oxygen atoms in total. The molecule has 0 saturated carbocycles. The van der Waals surface area contributed by atoms with Crippen LogP contribution >= 0.6 is 0 Å². The molecule has 0 aliphatic carbocycles. The van der Waals surface area contributed by atoms with Crippen molar-refractivity contribution in [1.82, 2.24) is 0 Å². The van der Waals surface area contributed by atoms with Gasteiger partial charge in [0, 0.05) is 61.2 Å². The summed E-state index contributed by atoms with van der Waals surface area (Å²) in [7, 11) is -3.57. The number of rotatable bonds is 13. The first-order chi connectivity index (χ1) is 10.7. The van der Waals surface area contributed by atoms with Crippen LogP contribution in [0.25, 0.3) is 0 Å². The summed E-state index contributed by atoms with van der Waals surface area (Å²) in [5, 5.41) is 0. The molecule has 1 aromatic carbocycles. The standard InChI is InChI=1S/C18H30O3S.Ce.Zn/c1-2-3-4-5-6-7-8-9-10-14-17-21-22(19,20)18-15-12-11-13-16-18;;/h11-13,15-16H,2-10,14,17H2,1H3;;. The van der Waals surface area contributed by atoms with Crippen molar-refractivity contribution in [3.05, 3.63) is 30.3 Å². The maximum absolute atomic E-state index is 11.9. The van der Waals surface area contributed by atoms with E-state index in [1.807, 2.05) is 0 Å². The third-order valence-electron chi connectivity index (χ3n) is 3.77. The Morgan fingerprint density at radius 2 is 1.25 bits per heavy atom. The van der Waals surface area contributed by atoms with Crippen LogP contribution in [0.4, 0.5) is 0 Å². The van der Waals surface area contributed by atoms with E-state index in [0.717, 1.165) is 12.8 Å². The van der Waals surface area contributed by atoms with Gasteiger partial charge in [0.25, 0.3) is 10.1 Å². The van der Waals surface area contributed by atoms with Crippen molar-refractivity contribution in [2.45, 2.75) is 76.0 Å². The summed E-state index contributed by atoms with van der Waals surface area (Å²) in [4.78, 5) is 0.238. The Morgan fingerprint density at radius 1 is 0.792 bits per heavy atom. The smallest absolute Gasteiger partial charge is 0.266 e. The Hall–Kier alpha value is 1.13. The van der Waals surface area contributed by atoms with Crippen LogP contribution in [-0.4, -0.2) is 15.0 Å². The quantitative estimate of drug-likeness (QED) is 0.197. The summed E-state index contributed by atoms with van der Waals surface area (Å²) in [6, 6.07) is 8.33. The SMILES string of the molecule is CCCCCCCCCCCCOS(=O)(=O)c1ccccc1.[Ce].[Zn]. The van der Waals surface area contributed by atoms with Crippen LogP contribution in [0.2, 0.25) is 0 Å². The third kappa shape index (κ3) is 13.3. The summed E-state index contributed by atoms with van der Waals surface area (Å²) in [6.07, 6.45) is 12.3. The van der Waals surface area contributed by atoms with Gasteiger partial charge in [-0.1, -0.05) is 82.9 Å². The molecule has 1 aromatic rings. The third-order valence-corrected chi connectivity index (χ3v) is 5.09. The van der Waals surface area contributed by atoms with E-state index < -0.39 is 10.1 Å². The normalized spacial score (nSPS) is 10.7. The minimum atomic E-state index is -3.57. The molecule has 0 unspecified atom stereocenters. The first kappa shape index (κ1) is 27.3. The molecule has 0 saturated heterocycles. The second kappa shape index (κ2) is 17.5. The zero-order chi connectivity index (χ0) is 16.1. The van der Waals surface area contributed by atoms with Gasteiger partial charge >= 0.3 is 0 Å². The summed E-state index contributed by atoms with van der Waals surface area (Å²) in [6.45, 7) is 2.52. The number of unbranched alkanes of at least 4 members (excludes halogenated alkanes) is 9. The van der Waals surface area contributed by atoms with Crippen molar-refractivity contribution in [3.8, 4) is 0 Å². The molecule has 6 heteroatoms. The summed E-state index contributed by atoms with van der Waals surface area (Å²) < 4.78 is 28.8. The van der Waals surface area contributed by atoms with Gasteiger partial charge in [0.05, 0.1) is 11.5 Å². The predicted molar refractivity (Wildman–Crippen MR) is 91.4 cm³/mol. The van der Waals surface area contributed by atoms with Gasteiger partial charge in [-0.05, 0) is 18.6 Å². The molecule has 132 valence electrons. The van der Waals surface area contributed by atoms with Gasteiger partial charge in [0.15, 0.2) is 0 Å². The van der Waals surface area contributed by atoms with Gasteiger partial charge in [0.2, 0.25) is 0 Å². The number of hydrogen-bond acceptors (Lipinski definition) is 3. The monoisotopic (exact) mass is 530 g/mol. The van der Waals surface area contributed by atoms with Crippen molar-refractivity contribution in [2.24, 2.45) is 0 Å². The molecule has 0 aliphatic rings.